The van der Waals surface area contributed by atoms with Crippen molar-refractivity contribution >= 4 is 159 Å². The molecule has 2 rings (SSSR count). The van der Waals surface area contributed by atoms with Gasteiger partial charge in [-0.3, -0.25) is 0 Å². The Morgan fingerprint density at radius 2 is 0.857 bits per heavy atom. The van der Waals surface area contributed by atoms with Gasteiger partial charge in [0.05, 0.1) is 0 Å². The minimum atomic E-state index is -0.810. The van der Waals surface area contributed by atoms with Gasteiger partial charge in [0, 0.05) is 5.33 Å². The van der Waals surface area contributed by atoms with Crippen LogP contribution in [0, 0.1) is 0 Å². The fourth-order valence-corrected chi connectivity index (χ4v) is 11.5. The molecule has 28 heavy (non-hydrogen) atoms. The first-order valence-electron chi connectivity index (χ1n) is 7.64. The Bertz CT molecular complexity index is 747. The molecule has 0 aliphatic carbocycles. The lowest BCUT2D eigenvalue weighted by atomic mass is 9.86. The van der Waals surface area contributed by atoms with E-state index in [1.807, 2.05) is 36.4 Å². The van der Waals surface area contributed by atoms with Crippen molar-refractivity contribution in [2.75, 3.05) is 5.33 Å². The molecule has 0 nitrogen and oxygen atoms in total. The number of alkyl halides is 10. The van der Waals surface area contributed by atoms with Gasteiger partial charge in [0.25, 0.3) is 0 Å². The number of hydrogen-bond acceptors (Lipinski definition) is 0. The van der Waals surface area contributed by atoms with Crippen LogP contribution in [0.5, 0.6) is 0 Å². The maximum absolute atomic E-state index is 4.10. The van der Waals surface area contributed by atoms with Crippen LogP contribution >= 0.6 is 159 Å². The predicted octanol–water partition coefficient (Wildman–Crippen LogP) is 10.7. The number of halogens is 10. The number of benzene rings is 2. The summed E-state index contributed by atoms with van der Waals surface area (Å²) in [7, 11) is 0. The molecule has 0 heterocycles. The molecule has 0 aliphatic rings. The van der Waals surface area contributed by atoms with Crippen LogP contribution in [-0.4, -0.2) is 18.3 Å². The Balaban J connectivity index is 2.79. The molecule has 0 aromatic heterocycles. The molecule has 0 bridgehead atoms. The van der Waals surface area contributed by atoms with Crippen LogP contribution in [0.3, 0.4) is 0 Å². The van der Waals surface area contributed by atoms with Crippen molar-refractivity contribution in [2.45, 2.75) is 17.3 Å². The number of rotatable bonds is 7. The quantitative estimate of drug-likeness (QED) is 0.243. The Labute approximate surface area is 249 Å². The van der Waals surface area contributed by atoms with Crippen LogP contribution in [-0.2, 0) is 4.32 Å². The van der Waals surface area contributed by atoms with Gasteiger partial charge in [-0.25, -0.2) is 0 Å². The number of hydrogen-bond donors (Lipinski definition) is 0. The van der Waals surface area contributed by atoms with Crippen molar-refractivity contribution in [3.8, 4) is 0 Å². The second-order valence-corrected chi connectivity index (χ2v) is 21.8. The van der Waals surface area contributed by atoms with E-state index in [0.29, 0.717) is 5.33 Å². The summed E-state index contributed by atoms with van der Waals surface area (Å²) in [5.41, 5.74) is 2.14. The van der Waals surface area contributed by atoms with Crippen LogP contribution < -0.4 is 0 Å². The molecule has 0 saturated heterocycles. The standard InChI is InChI=1S/C18H12Br10/c19-11-14(20,21)16(23,24)18(27,28)17(25,26)15(22,12-7-3-1-4-8-12)13-9-5-2-6-10-13/h1-10H,11H2. The van der Waals surface area contributed by atoms with Crippen LogP contribution in [0.1, 0.15) is 11.1 Å². The van der Waals surface area contributed by atoms with Crippen molar-refractivity contribution in [3.63, 3.8) is 0 Å². The molecule has 0 spiro atoms. The maximum Gasteiger partial charge on any atom is 0.135 e. The molecule has 0 N–H and O–H groups in total. The zero-order chi connectivity index (χ0) is 21.4. The van der Waals surface area contributed by atoms with Crippen LogP contribution in [0.15, 0.2) is 60.7 Å². The Hall–Kier alpha value is 3.24. The summed E-state index contributed by atoms with van der Waals surface area (Å²) in [6.45, 7) is 0. The normalized spacial score (nSPS) is 14.2. The van der Waals surface area contributed by atoms with E-state index in [4.69, 9.17) is 0 Å². The lowest BCUT2D eigenvalue weighted by molar-refractivity contribution is 0.588. The highest BCUT2D eigenvalue weighted by atomic mass is 79.9. The molecule has 2 aromatic carbocycles. The molecule has 10 heteroatoms. The molecule has 0 radical (unpaired) electrons. The van der Waals surface area contributed by atoms with Gasteiger partial charge in [0.1, 0.15) is 17.3 Å². The largest absolute Gasteiger partial charge is 0.135 e. The van der Waals surface area contributed by atoms with E-state index in [2.05, 4.69) is 184 Å². The van der Waals surface area contributed by atoms with Crippen molar-refractivity contribution in [1.29, 1.82) is 0 Å². The van der Waals surface area contributed by atoms with Crippen molar-refractivity contribution < 1.29 is 0 Å². The molecule has 0 atom stereocenters. The maximum atomic E-state index is 4.10. The third-order valence-electron chi connectivity index (χ3n) is 4.19. The lowest BCUT2D eigenvalue weighted by Gasteiger charge is -2.54. The fourth-order valence-electron chi connectivity index (χ4n) is 2.59. The minimum Gasteiger partial charge on any atom is -0.0903 e. The smallest absolute Gasteiger partial charge is 0.0903 e. The van der Waals surface area contributed by atoms with E-state index in [1.54, 1.807) is 0 Å². The summed E-state index contributed by atoms with van der Waals surface area (Å²) in [6.07, 6.45) is 0. The Kier molecular flexibility index (Phi) is 10.1. The monoisotopic (exact) mass is 1020 g/mol. The summed E-state index contributed by atoms with van der Waals surface area (Å²) in [4.78, 5) is 0. The molecule has 0 unspecified atom stereocenters. The highest BCUT2D eigenvalue weighted by molar-refractivity contribution is 9.34. The zero-order valence-electron chi connectivity index (χ0n) is 13.8. The first kappa shape index (κ1) is 27.5. The van der Waals surface area contributed by atoms with E-state index in [1.165, 1.54) is 0 Å². The van der Waals surface area contributed by atoms with Gasteiger partial charge in [-0.05, 0) is 11.1 Å². The van der Waals surface area contributed by atoms with Gasteiger partial charge in [0.2, 0.25) is 0 Å². The average molecular weight is 1030 g/mol. The van der Waals surface area contributed by atoms with E-state index in [-0.39, 0.29) is 0 Å². The average Bonchev–Trinajstić information content (AvgIpc) is 2.68. The summed E-state index contributed by atoms with van der Waals surface area (Å²) in [6, 6.07) is 20.5. The van der Waals surface area contributed by atoms with Gasteiger partial charge in [-0.1, -0.05) is 220 Å². The molecular formula is C18H12Br10. The summed E-state index contributed by atoms with van der Waals surface area (Å²) in [5, 5.41) is 0.609. The SMILES string of the molecule is BrCC(Br)(Br)C(Br)(Br)C(Br)(Br)C(Br)(Br)C(Br)(c1ccccc1)c1ccccc1. The van der Waals surface area contributed by atoms with E-state index in [9.17, 15) is 0 Å². The van der Waals surface area contributed by atoms with Crippen molar-refractivity contribution in [1.82, 2.24) is 0 Å². The second kappa shape index (κ2) is 10.2. The molecule has 0 aliphatic heterocycles. The second-order valence-electron chi connectivity index (χ2n) is 5.95. The van der Waals surface area contributed by atoms with Gasteiger partial charge in [-0.2, -0.15) is 0 Å². The van der Waals surface area contributed by atoms with E-state index >= 15 is 0 Å². The van der Waals surface area contributed by atoms with Gasteiger partial charge < -0.3 is 0 Å². The molecule has 0 saturated carbocycles. The van der Waals surface area contributed by atoms with E-state index < -0.39 is 17.3 Å². The highest BCUT2D eigenvalue weighted by Gasteiger charge is 2.70. The molecule has 154 valence electrons. The first-order valence-corrected chi connectivity index (χ1v) is 15.9. The van der Waals surface area contributed by atoms with Crippen LogP contribution in [0.4, 0.5) is 0 Å². The first-order chi connectivity index (χ1) is 12.8. The van der Waals surface area contributed by atoms with Gasteiger partial charge in [-0.15, -0.1) is 0 Å². The Morgan fingerprint density at radius 3 is 1.18 bits per heavy atom. The summed E-state index contributed by atoms with van der Waals surface area (Å²) < 4.78 is -3.58. The molecule has 0 fully saturated rings. The van der Waals surface area contributed by atoms with Gasteiger partial charge >= 0.3 is 0 Å². The summed E-state index contributed by atoms with van der Waals surface area (Å²) in [5.74, 6) is 0. The Morgan fingerprint density at radius 1 is 0.500 bits per heavy atom. The summed E-state index contributed by atoms with van der Waals surface area (Å²) >= 11 is 38.9. The fraction of sp³-hybridized carbons (Fsp3) is 0.333. The molecular weight excluding hydrogens is 1020 g/mol. The van der Waals surface area contributed by atoms with Crippen molar-refractivity contribution in [3.05, 3.63) is 71.8 Å². The van der Waals surface area contributed by atoms with E-state index in [0.717, 1.165) is 11.1 Å². The minimum absolute atomic E-state index is 0.561. The van der Waals surface area contributed by atoms with Crippen molar-refractivity contribution in [2.24, 2.45) is 0 Å². The molecule has 0 amide bonds. The lowest BCUT2D eigenvalue weighted by Crippen LogP contribution is -2.62. The zero-order valence-corrected chi connectivity index (χ0v) is 29.6. The predicted molar refractivity (Wildman–Crippen MR) is 159 cm³/mol. The third kappa shape index (κ3) is 4.73. The highest BCUT2D eigenvalue weighted by Crippen LogP contribution is 2.72. The molecule has 2 aromatic rings. The van der Waals surface area contributed by atoms with Gasteiger partial charge in [0.15, 0.2) is 0 Å². The van der Waals surface area contributed by atoms with Crippen LogP contribution in [0.25, 0.3) is 0 Å². The topological polar surface area (TPSA) is 0 Å². The van der Waals surface area contributed by atoms with Crippen LogP contribution in [0.2, 0.25) is 0 Å². The third-order valence-corrected chi connectivity index (χ3v) is 24.5.